The van der Waals surface area contributed by atoms with Gasteiger partial charge < -0.3 is 9.84 Å². The van der Waals surface area contributed by atoms with Crippen LogP contribution in [0.2, 0.25) is 0 Å². The van der Waals surface area contributed by atoms with Gasteiger partial charge in [-0.3, -0.25) is 14.5 Å². The molecule has 0 aromatic heterocycles. The number of ether oxygens (including phenoxy) is 1. The van der Waals surface area contributed by atoms with Gasteiger partial charge in [-0.2, -0.15) is 0 Å². The van der Waals surface area contributed by atoms with Crippen LogP contribution in [-0.4, -0.2) is 48.2 Å². The highest BCUT2D eigenvalue weighted by molar-refractivity contribution is 5.98. The van der Waals surface area contributed by atoms with E-state index in [1.54, 1.807) is 0 Å². The minimum Gasteiger partial charge on any atom is -0.394 e. The van der Waals surface area contributed by atoms with Gasteiger partial charge >= 0.3 is 0 Å². The van der Waals surface area contributed by atoms with Crippen molar-refractivity contribution in [3.05, 3.63) is 0 Å². The molecule has 0 unspecified atom stereocenters. The molecule has 0 radical (unpaired) electrons. The Morgan fingerprint density at radius 2 is 1.82 bits per heavy atom. The average Bonchev–Trinajstić information content (AvgIpc) is 2.19. The Kier molecular flexibility index (Phi) is 5.08. The Labute approximate surface area is 102 Å². The molecule has 1 rings (SSSR count). The van der Waals surface area contributed by atoms with Crippen molar-refractivity contribution in [2.45, 2.75) is 33.1 Å². The Morgan fingerprint density at radius 1 is 1.24 bits per heavy atom. The fourth-order valence-corrected chi connectivity index (χ4v) is 1.95. The third-order valence-corrected chi connectivity index (χ3v) is 2.77. The molecule has 1 heterocycles. The summed E-state index contributed by atoms with van der Waals surface area (Å²) in [7, 11) is 0. The molecule has 0 spiro atoms. The predicted octanol–water partition coefficient (Wildman–Crippen LogP) is 0.561. The smallest absolute Gasteiger partial charge is 0.229 e. The second-order valence-electron chi connectivity index (χ2n) is 5.15. The van der Waals surface area contributed by atoms with Crippen LogP contribution >= 0.6 is 0 Å². The summed E-state index contributed by atoms with van der Waals surface area (Å²) >= 11 is 0. The number of likely N-dealkylation sites (tertiary alicyclic amines) is 1. The third-order valence-electron chi connectivity index (χ3n) is 2.77. The maximum atomic E-state index is 11.8. The minimum atomic E-state index is -0.210. The van der Waals surface area contributed by atoms with E-state index in [4.69, 9.17) is 9.84 Å². The number of aliphatic hydroxyl groups excluding tert-OH is 1. The molecule has 1 aliphatic heterocycles. The lowest BCUT2D eigenvalue weighted by atomic mass is 9.82. The van der Waals surface area contributed by atoms with E-state index in [9.17, 15) is 9.59 Å². The zero-order valence-corrected chi connectivity index (χ0v) is 10.6. The molecule has 1 saturated heterocycles. The quantitative estimate of drug-likeness (QED) is 0.547. The Balaban J connectivity index is 2.33. The van der Waals surface area contributed by atoms with Crippen LogP contribution in [0.15, 0.2) is 0 Å². The lowest BCUT2D eigenvalue weighted by Crippen LogP contribution is -2.46. The molecule has 5 heteroatoms. The molecule has 0 bridgehead atoms. The van der Waals surface area contributed by atoms with Crippen molar-refractivity contribution < 1.29 is 19.4 Å². The number of rotatable bonds is 6. The number of piperidine rings is 1. The first kappa shape index (κ1) is 14.1. The lowest BCUT2D eigenvalue weighted by molar-refractivity contribution is -0.152. The molecule has 98 valence electrons. The summed E-state index contributed by atoms with van der Waals surface area (Å²) in [4.78, 5) is 24.9. The molecule has 0 atom stereocenters. The van der Waals surface area contributed by atoms with E-state index in [1.807, 2.05) is 13.8 Å². The van der Waals surface area contributed by atoms with E-state index >= 15 is 0 Å². The molecule has 0 aliphatic carbocycles. The number of carbonyl (C=O) groups is 2. The Bertz CT molecular complexity index is 268. The van der Waals surface area contributed by atoms with Crippen molar-refractivity contribution in [1.29, 1.82) is 0 Å². The number of imide groups is 1. The Hall–Kier alpha value is -0.940. The molecule has 17 heavy (non-hydrogen) atoms. The van der Waals surface area contributed by atoms with Gasteiger partial charge in [-0.25, -0.2) is 0 Å². The third kappa shape index (κ3) is 4.44. The zero-order chi connectivity index (χ0) is 12.9. The summed E-state index contributed by atoms with van der Waals surface area (Å²) in [5.41, 5.74) is -0.210. The first-order valence-electron chi connectivity index (χ1n) is 5.98. The van der Waals surface area contributed by atoms with Gasteiger partial charge in [0.15, 0.2) is 0 Å². The number of aliphatic hydroxyl groups is 1. The number of hydrogen-bond donors (Lipinski definition) is 1. The summed E-state index contributed by atoms with van der Waals surface area (Å²) in [5.74, 6) is -0.179. The van der Waals surface area contributed by atoms with Crippen LogP contribution in [-0.2, 0) is 14.3 Å². The fourth-order valence-electron chi connectivity index (χ4n) is 1.95. The van der Waals surface area contributed by atoms with Crippen LogP contribution in [0.3, 0.4) is 0 Å². The van der Waals surface area contributed by atoms with Crippen molar-refractivity contribution in [2.24, 2.45) is 5.41 Å². The second kappa shape index (κ2) is 6.12. The highest BCUT2D eigenvalue weighted by Crippen LogP contribution is 2.31. The molecule has 0 saturated carbocycles. The first-order valence-corrected chi connectivity index (χ1v) is 5.98. The van der Waals surface area contributed by atoms with Gasteiger partial charge in [0.2, 0.25) is 11.8 Å². The molecule has 1 N–H and O–H groups in total. The van der Waals surface area contributed by atoms with Crippen LogP contribution in [0.5, 0.6) is 0 Å². The van der Waals surface area contributed by atoms with Gasteiger partial charge in [-0.15, -0.1) is 0 Å². The maximum Gasteiger partial charge on any atom is 0.229 e. The highest BCUT2D eigenvalue weighted by atomic mass is 16.5. The Morgan fingerprint density at radius 3 is 2.35 bits per heavy atom. The van der Waals surface area contributed by atoms with Crippen molar-refractivity contribution in [3.63, 3.8) is 0 Å². The predicted molar refractivity (Wildman–Crippen MR) is 62.3 cm³/mol. The lowest BCUT2D eigenvalue weighted by Gasteiger charge is -2.34. The summed E-state index contributed by atoms with van der Waals surface area (Å²) in [6, 6.07) is 0. The SMILES string of the molecule is CC1(C)CC(=O)N(CCCOCCO)C(=O)C1. The molecular weight excluding hydrogens is 222 g/mol. The fraction of sp³-hybridized carbons (Fsp3) is 0.833. The summed E-state index contributed by atoms with van der Waals surface area (Å²) in [6.07, 6.45) is 1.48. The van der Waals surface area contributed by atoms with E-state index in [-0.39, 0.29) is 23.8 Å². The average molecular weight is 243 g/mol. The molecule has 0 aromatic rings. The van der Waals surface area contributed by atoms with E-state index in [0.717, 1.165) is 0 Å². The zero-order valence-electron chi connectivity index (χ0n) is 10.6. The molecule has 0 aromatic carbocycles. The molecule has 5 nitrogen and oxygen atoms in total. The maximum absolute atomic E-state index is 11.8. The summed E-state index contributed by atoms with van der Waals surface area (Å²) in [6.45, 7) is 5.04. The van der Waals surface area contributed by atoms with Gasteiger partial charge in [0, 0.05) is 26.0 Å². The second-order valence-corrected chi connectivity index (χ2v) is 5.15. The largest absolute Gasteiger partial charge is 0.394 e. The van der Waals surface area contributed by atoms with Crippen LogP contribution in [0, 0.1) is 5.41 Å². The number of carbonyl (C=O) groups excluding carboxylic acids is 2. The van der Waals surface area contributed by atoms with E-state index < -0.39 is 0 Å². The van der Waals surface area contributed by atoms with Crippen molar-refractivity contribution in [1.82, 2.24) is 4.90 Å². The molecule has 1 aliphatic rings. The number of hydrogen-bond acceptors (Lipinski definition) is 4. The highest BCUT2D eigenvalue weighted by Gasteiger charge is 2.36. The molecular formula is C12H21NO4. The topological polar surface area (TPSA) is 66.8 Å². The van der Waals surface area contributed by atoms with Gasteiger partial charge in [0.25, 0.3) is 0 Å². The summed E-state index contributed by atoms with van der Waals surface area (Å²) in [5, 5.41) is 8.51. The minimum absolute atomic E-state index is 0.00420. The van der Waals surface area contributed by atoms with Gasteiger partial charge in [-0.1, -0.05) is 13.8 Å². The summed E-state index contributed by atoms with van der Waals surface area (Å²) < 4.78 is 5.09. The van der Waals surface area contributed by atoms with Crippen LogP contribution in [0.4, 0.5) is 0 Å². The monoisotopic (exact) mass is 243 g/mol. The standard InChI is InChI=1S/C12H21NO4/c1-12(2)8-10(15)13(11(16)9-12)4-3-6-17-7-5-14/h14H,3-9H2,1-2H3. The van der Waals surface area contributed by atoms with E-state index in [1.165, 1.54) is 4.90 Å². The number of amides is 2. The van der Waals surface area contributed by atoms with Crippen LogP contribution in [0.25, 0.3) is 0 Å². The van der Waals surface area contributed by atoms with E-state index in [0.29, 0.717) is 39.0 Å². The van der Waals surface area contributed by atoms with Crippen molar-refractivity contribution >= 4 is 11.8 Å². The normalized spacial score (nSPS) is 19.8. The van der Waals surface area contributed by atoms with E-state index in [2.05, 4.69) is 0 Å². The first-order chi connectivity index (χ1) is 7.96. The molecule has 1 fully saturated rings. The van der Waals surface area contributed by atoms with Gasteiger partial charge in [-0.05, 0) is 11.8 Å². The van der Waals surface area contributed by atoms with Gasteiger partial charge in [0.05, 0.1) is 13.2 Å². The van der Waals surface area contributed by atoms with Gasteiger partial charge in [0.1, 0.15) is 0 Å². The van der Waals surface area contributed by atoms with Crippen LogP contribution < -0.4 is 0 Å². The molecule has 2 amide bonds. The van der Waals surface area contributed by atoms with Crippen molar-refractivity contribution in [2.75, 3.05) is 26.4 Å². The number of nitrogens with zero attached hydrogens (tertiary/aromatic N) is 1. The van der Waals surface area contributed by atoms with Crippen molar-refractivity contribution in [3.8, 4) is 0 Å². The van der Waals surface area contributed by atoms with Crippen LogP contribution in [0.1, 0.15) is 33.1 Å².